The van der Waals surface area contributed by atoms with Crippen molar-refractivity contribution in [3.05, 3.63) is 58.7 Å². The van der Waals surface area contributed by atoms with Crippen molar-refractivity contribution in [2.24, 2.45) is 0 Å². The molecule has 1 N–H and O–H groups in total. The van der Waals surface area contributed by atoms with E-state index in [9.17, 15) is 5.11 Å². The quantitative estimate of drug-likeness (QED) is 0.760. The smallest absolute Gasteiger partial charge is 0.125 e. The molecule has 0 aliphatic carbocycles. The molecule has 2 aromatic carbocycles. The number of ether oxygens (including phenoxy) is 2. The SMILES string of the molecule is COc1ccc(C(OC)c2cc(C(C)(C)C)cc(C(C)(C)C)c2O)cc1. The standard InChI is InChI=1S/C23H32O3/c1-22(2,3)16-13-18(20(24)19(14-16)23(4,5)6)21(26-8)15-9-11-17(25-7)12-10-15/h9-14,21,24H,1-8H3. The molecular weight excluding hydrogens is 324 g/mol. The second-order valence-electron chi connectivity index (χ2n) is 8.85. The van der Waals surface area contributed by atoms with Crippen LogP contribution in [0.4, 0.5) is 0 Å². The molecule has 0 bridgehead atoms. The van der Waals surface area contributed by atoms with Crippen LogP contribution in [0.25, 0.3) is 0 Å². The fourth-order valence-electron chi connectivity index (χ4n) is 3.08. The maximum Gasteiger partial charge on any atom is 0.125 e. The molecule has 0 heterocycles. The van der Waals surface area contributed by atoms with Gasteiger partial charge in [0.15, 0.2) is 0 Å². The summed E-state index contributed by atoms with van der Waals surface area (Å²) in [5, 5.41) is 11.1. The van der Waals surface area contributed by atoms with Crippen LogP contribution in [0.2, 0.25) is 0 Å². The van der Waals surface area contributed by atoms with Gasteiger partial charge in [0.25, 0.3) is 0 Å². The van der Waals surface area contributed by atoms with Gasteiger partial charge in [-0.2, -0.15) is 0 Å². The lowest BCUT2D eigenvalue weighted by Gasteiger charge is -2.29. The number of phenols is 1. The number of hydrogen-bond acceptors (Lipinski definition) is 3. The van der Waals surface area contributed by atoms with Crippen LogP contribution in [0, 0.1) is 0 Å². The molecule has 0 amide bonds. The van der Waals surface area contributed by atoms with Crippen molar-refractivity contribution in [1.29, 1.82) is 0 Å². The van der Waals surface area contributed by atoms with Crippen molar-refractivity contribution < 1.29 is 14.6 Å². The number of hydrogen-bond donors (Lipinski definition) is 1. The number of phenolic OH excluding ortho intramolecular Hbond substituents is 1. The number of rotatable bonds is 4. The van der Waals surface area contributed by atoms with E-state index in [2.05, 4.69) is 53.7 Å². The van der Waals surface area contributed by atoms with Crippen molar-refractivity contribution in [2.45, 2.75) is 58.5 Å². The molecule has 1 atom stereocenters. The fourth-order valence-corrected chi connectivity index (χ4v) is 3.08. The molecule has 142 valence electrons. The third-order valence-electron chi connectivity index (χ3n) is 4.75. The molecular formula is C23H32O3. The van der Waals surface area contributed by atoms with Gasteiger partial charge in [-0.15, -0.1) is 0 Å². The summed E-state index contributed by atoms with van der Waals surface area (Å²) >= 11 is 0. The van der Waals surface area contributed by atoms with Gasteiger partial charge in [-0.1, -0.05) is 59.7 Å². The van der Waals surface area contributed by atoms with Crippen LogP contribution in [0.15, 0.2) is 36.4 Å². The largest absolute Gasteiger partial charge is 0.507 e. The molecule has 0 saturated carbocycles. The van der Waals surface area contributed by atoms with Gasteiger partial charge in [-0.05, 0) is 45.7 Å². The van der Waals surface area contributed by atoms with E-state index in [-0.39, 0.29) is 16.9 Å². The molecule has 26 heavy (non-hydrogen) atoms. The minimum absolute atomic E-state index is 0.0271. The second kappa shape index (κ2) is 7.32. The first-order chi connectivity index (χ1) is 12.0. The summed E-state index contributed by atoms with van der Waals surface area (Å²) in [7, 11) is 3.33. The third kappa shape index (κ3) is 4.21. The molecule has 3 nitrogen and oxygen atoms in total. The van der Waals surface area contributed by atoms with Gasteiger partial charge in [0.1, 0.15) is 17.6 Å². The summed E-state index contributed by atoms with van der Waals surface area (Å²) < 4.78 is 11.1. The summed E-state index contributed by atoms with van der Waals surface area (Å²) in [6.07, 6.45) is -0.343. The molecule has 0 spiro atoms. The van der Waals surface area contributed by atoms with E-state index in [1.165, 1.54) is 5.56 Å². The maximum absolute atomic E-state index is 11.1. The van der Waals surface area contributed by atoms with Crippen LogP contribution >= 0.6 is 0 Å². The minimum Gasteiger partial charge on any atom is -0.507 e. The lowest BCUT2D eigenvalue weighted by Crippen LogP contribution is -2.18. The predicted molar refractivity (Wildman–Crippen MR) is 107 cm³/mol. The second-order valence-corrected chi connectivity index (χ2v) is 8.85. The summed E-state index contributed by atoms with van der Waals surface area (Å²) in [4.78, 5) is 0. The summed E-state index contributed by atoms with van der Waals surface area (Å²) in [6, 6.07) is 12.0. The van der Waals surface area contributed by atoms with Gasteiger partial charge in [-0.25, -0.2) is 0 Å². The van der Waals surface area contributed by atoms with Crippen LogP contribution in [0.3, 0.4) is 0 Å². The fraction of sp³-hybridized carbons (Fsp3) is 0.478. The van der Waals surface area contributed by atoms with Gasteiger partial charge in [0, 0.05) is 12.7 Å². The predicted octanol–water partition coefficient (Wildman–Crippen LogP) is 5.73. The van der Waals surface area contributed by atoms with Gasteiger partial charge in [-0.3, -0.25) is 0 Å². The Morgan fingerprint density at radius 2 is 1.42 bits per heavy atom. The highest BCUT2D eigenvalue weighted by atomic mass is 16.5. The zero-order valence-electron chi connectivity index (χ0n) is 17.3. The van der Waals surface area contributed by atoms with Crippen LogP contribution in [0.1, 0.15) is 69.9 Å². The molecule has 0 aliphatic rings. The van der Waals surface area contributed by atoms with E-state index in [0.717, 1.165) is 22.4 Å². The molecule has 0 radical (unpaired) electrons. The van der Waals surface area contributed by atoms with Crippen LogP contribution in [0.5, 0.6) is 11.5 Å². The first-order valence-electron chi connectivity index (χ1n) is 9.03. The van der Waals surface area contributed by atoms with Crippen molar-refractivity contribution >= 4 is 0 Å². The average molecular weight is 357 g/mol. The van der Waals surface area contributed by atoms with Crippen LogP contribution < -0.4 is 4.74 Å². The third-order valence-corrected chi connectivity index (χ3v) is 4.75. The molecule has 0 fully saturated rings. The first-order valence-corrected chi connectivity index (χ1v) is 9.03. The van der Waals surface area contributed by atoms with Crippen molar-refractivity contribution in [3.63, 3.8) is 0 Å². The summed E-state index contributed by atoms with van der Waals surface area (Å²) in [6.45, 7) is 12.9. The van der Waals surface area contributed by atoms with Crippen LogP contribution in [-0.2, 0) is 15.6 Å². The highest BCUT2D eigenvalue weighted by Gasteiger charge is 2.28. The van der Waals surface area contributed by atoms with E-state index in [1.54, 1.807) is 14.2 Å². The molecule has 0 aromatic heterocycles. The number of aromatic hydroxyl groups is 1. The van der Waals surface area contributed by atoms with Gasteiger partial charge in [0.05, 0.1) is 7.11 Å². The molecule has 0 aliphatic heterocycles. The first kappa shape index (κ1) is 20.3. The summed E-state index contributed by atoms with van der Waals surface area (Å²) in [5.74, 6) is 1.11. The maximum atomic E-state index is 11.1. The Hall–Kier alpha value is -2.00. The Balaban J connectivity index is 2.67. The Morgan fingerprint density at radius 3 is 1.85 bits per heavy atom. The Bertz CT molecular complexity index is 747. The number of benzene rings is 2. The average Bonchev–Trinajstić information content (AvgIpc) is 2.55. The topological polar surface area (TPSA) is 38.7 Å². The van der Waals surface area contributed by atoms with E-state index in [1.807, 2.05) is 24.3 Å². The molecule has 3 heteroatoms. The van der Waals surface area contributed by atoms with Crippen molar-refractivity contribution in [3.8, 4) is 11.5 Å². The highest BCUT2D eigenvalue weighted by molar-refractivity contribution is 5.52. The van der Waals surface area contributed by atoms with Crippen molar-refractivity contribution in [2.75, 3.05) is 14.2 Å². The van der Waals surface area contributed by atoms with Crippen LogP contribution in [-0.4, -0.2) is 19.3 Å². The lowest BCUT2D eigenvalue weighted by atomic mass is 9.78. The molecule has 0 saturated heterocycles. The van der Waals surface area contributed by atoms with Crippen molar-refractivity contribution in [1.82, 2.24) is 0 Å². The minimum atomic E-state index is -0.343. The van der Waals surface area contributed by atoms with E-state index >= 15 is 0 Å². The van der Waals surface area contributed by atoms with Gasteiger partial charge >= 0.3 is 0 Å². The molecule has 2 rings (SSSR count). The van der Waals surface area contributed by atoms with E-state index in [0.29, 0.717) is 5.75 Å². The van der Waals surface area contributed by atoms with E-state index in [4.69, 9.17) is 9.47 Å². The monoisotopic (exact) mass is 356 g/mol. The zero-order chi connectivity index (χ0) is 19.7. The molecule has 2 aromatic rings. The van der Waals surface area contributed by atoms with Gasteiger partial charge < -0.3 is 14.6 Å². The Morgan fingerprint density at radius 1 is 0.846 bits per heavy atom. The zero-order valence-corrected chi connectivity index (χ0v) is 17.3. The summed E-state index contributed by atoms with van der Waals surface area (Å²) in [5.41, 5.74) is 3.71. The van der Waals surface area contributed by atoms with Gasteiger partial charge in [0.2, 0.25) is 0 Å². The highest BCUT2D eigenvalue weighted by Crippen LogP contribution is 2.42. The van der Waals surface area contributed by atoms with E-state index < -0.39 is 0 Å². The lowest BCUT2D eigenvalue weighted by molar-refractivity contribution is 0.133. The normalized spacial score (nSPS) is 13.5. The number of methoxy groups -OCH3 is 2. The Labute approximate surface area is 158 Å². The Kier molecular flexibility index (Phi) is 5.72. The molecule has 1 unspecified atom stereocenters.